The highest BCUT2D eigenvalue weighted by molar-refractivity contribution is 6.03. The maximum absolute atomic E-state index is 12.6. The molecule has 0 radical (unpaired) electrons. The molecule has 1 aliphatic rings. The van der Waals surface area contributed by atoms with E-state index in [0.29, 0.717) is 19.3 Å². The van der Waals surface area contributed by atoms with Gasteiger partial charge in [-0.05, 0) is 30.5 Å². The van der Waals surface area contributed by atoms with Crippen molar-refractivity contribution < 1.29 is 14.7 Å². The van der Waals surface area contributed by atoms with Crippen LogP contribution in [-0.4, -0.2) is 34.4 Å². The van der Waals surface area contributed by atoms with Crippen LogP contribution in [0, 0.1) is 0 Å². The van der Waals surface area contributed by atoms with Crippen molar-refractivity contribution in [3.63, 3.8) is 0 Å². The standard InChI is InChI=1S/C19H21N3O3/c23-11-5-9-16(14-6-2-1-3-7-14)21-19(24)18-12-17(22-25-18)15-8-4-10-20-13-15/h1-4,6-8,10,13,16,18,23H,5,9,11-12H2,(H,21,24)/t16-,18-/m0/s1. The van der Waals surface area contributed by atoms with Gasteiger partial charge in [-0.3, -0.25) is 9.78 Å². The number of rotatable bonds is 7. The van der Waals surface area contributed by atoms with Gasteiger partial charge in [0.1, 0.15) is 0 Å². The number of amides is 1. The summed E-state index contributed by atoms with van der Waals surface area (Å²) in [5, 5.41) is 16.2. The van der Waals surface area contributed by atoms with Gasteiger partial charge in [0.25, 0.3) is 5.91 Å². The van der Waals surface area contributed by atoms with E-state index in [9.17, 15) is 4.79 Å². The first-order valence-electron chi connectivity index (χ1n) is 8.37. The van der Waals surface area contributed by atoms with Gasteiger partial charge in [0.2, 0.25) is 6.10 Å². The van der Waals surface area contributed by atoms with Gasteiger partial charge in [0.05, 0.1) is 11.8 Å². The Kier molecular flexibility index (Phi) is 5.74. The van der Waals surface area contributed by atoms with Crippen LogP contribution in [0.3, 0.4) is 0 Å². The Labute approximate surface area is 146 Å². The number of aromatic nitrogens is 1. The number of nitrogens with zero attached hydrogens (tertiary/aromatic N) is 2. The Morgan fingerprint density at radius 2 is 2.12 bits per heavy atom. The third kappa shape index (κ3) is 4.42. The number of carbonyl (C=O) groups excluding carboxylic acids is 1. The van der Waals surface area contributed by atoms with E-state index in [1.165, 1.54) is 0 Å². The molecule has 6 heteroatoms. The molecule has 0 bridgehead atoms. The largest absolute Gasteiger partial charge is 0.396 e. The minimum atomic E-state index is -0.643. The van der Waals surface area contributed by atoms with Crippen LogP contribution in [0.5, 0.6) is 0 Å². The van der Waals surface area contributed by atoms with Crippen LogP contribution in [0.4, 0.5) is 0 Å². The van der Waals surface area contributed by atoms with Gasteiger partial charge in [-0.25, -0.2) is 0 Å². The van der Waals surface area contributed by atoms with Crippen molar-refractivity contribution in [3.05, 3.63) is 66.0 Å². The third-order valence-corrected chi connectivity index (χ3v) is 4.13. The minimum absolute atomic E-state index is 0.0907. The van der Waals surface area contributed by atoms with Crippen LogP contribution in [0.1, 0.15) is 36.4 Å². The zero-order valence-electron chi connectivity index (χ0n) is 13.8. The summed E-state index contributed by atoms with van der Waals surface area (Å²) in [6.45, 7) is 0.0907. The molecule has 1 aromatic carbocycles. The fraction of sp³-hybridized carbons (Fsp3) is 0.316. The maximum Gasteiger partial charge on any atom is 0.264 e. The van der Waals surface area contributed by atoms with Crippen molar-refractivity contribution in [1.29, 1.82) is 0 Å². The lowest BCUT2D eigenvalue weighted by atomic mass is 10.0. The summed E-state index contributed by atoms with van der Waals surface area (Å²) >= 11 is 0. The summed E-state index contributed by atoms with van der Waals surface area (Å²) in [4.78, 5) is 22.0. The normalized spacial score (nSPS) is 17.5. The fourth-order valence-electron chi connectivity index (χ4n) is 2.79. The van der Waals surface area contributed by atoms with Gasteiger partial charge in [-0.2, -0.15) is 0 Å². The predicted octanol–water partition coefficient (Wildman–Crippen LogP) is 2.20. The van der Waals surface area contributed by atoms with Crippen molar-refractivity contribution in [3.8, 4) is 0 Å². The zero-order valence-corrected chi connectivity index (χ0v) is 13.8. The van der Waals surface area contributed by atoms with Crippen molar-refractivity contribution in [2.24, 2.45) is 5.16 Å². The number of benzene rings is 1. The summed E-state index contributed by atoms with van der Waals surface area (Å²) in [6, 6.07) is 13.3. The molecule has 25 heavy (non-hydrogen) atoms. The molecule has 1 aliphatic heterocycles. The Hall–Kier alpha value is -2.73. The van der Waals surface area contributed by atoms with Gasteiger partial charge >= 0.3 is 0 Å². The first-order chi connectivity index (χ1) is 12.3. The number of oxime groups is 1. The lowest BCUT2D eigenvalue weighted by Crippen LogP contribution is -2.37. The van der Waals surface area contributed by atoms with E-state index < -0.39 is 6.10 Å². The summed E-state index contributed by atoms with van der Waals surface area (Å²) in [7, 11) is 0. The first-order valence-corrected chi connectivity index (χ1v) is 8.37. The molecular formula is C19H21N3O3. The SMILES string of the molecule is O=C(N[C@@H](CCCO)c1ccccc1)[C@@H]1CC(c2cccnc2)=NO1. The van der Waals surface area contributed by atoms with E-state index in [-0.39, 0.29) is 18.6 Å². The van der Waals surface area contributed by atoms with E-state index in [0.717, 1.165) is 16.8 Å². The van der Waals surface area contributed by atoms with Crippen LogP contribution in [-0.2, 0) is 9.63 Å². The average Bonchev–Trinajstić information content (AvgIpc) is 3.17. The molecule has 2 aromatic rings. The molecule has 0 aliphatic carbocycles. The molecule has 0 spiro atoms. The Bertz CT molecular complexity index is 719. The lowest BCUT2D eigenvalue weighted by molar-refractivity contribution is -0.132. The Balaban J connectivity index is 1.62. The Morgan fingerprint density at radius 3 is 2.84 bits per heavy atom. The number of carbonyl (C=O) groups is 1. The molecule has 3 rings (SSSR count). The van der Waals surface area contributed by atoms with E-state index in [4.69, 9.17) is 9.94 Å². The summed E-state index contributed by atoms with van der Waals surface area (Å²) in [5.74, 6) is -0.200. The molecule has 130 valence electrons. The number of hydrogen-bond donors (Lipinski definition) is 2. The van der Waals surface area contributed by atoms with Crippen molar-refractivity contribution >= 4 is 11.6 Å². The van der Waals surface area contributed by atoms with E-state index in [1.54, 1.807) is 12.4 Å². The van der Waals surface area contributed by atoms with Crippen molar-refractivity contribution in [2.75, 3.05) is 6.61 Å². The Morgan fingerprint density at radius 1 is 1.28 bits per heavy atom. The molecule has 2 atom stereocenters. The highest BCUT2D eigenvalue weighted by Crippen LogP contribution is 2.21. The van der Waals surface area contributed by atoms with Gasteiger partial charge in [-0.1, -0.05) is 35.5 Å². The van der Waals surface area contributed by atoms with Crippen LogP contribution < -0.4 is 5.32 Å². The predicted molar refractivity (Wildman–Crippen MR) is 93.9 cm³/mol. The van der Waals surface area contributed by atoms with E-state index in [1.807, 2.05) is 42.5 Å². The second-order valence-corrected chi connectivity index (χ2v) is 5.92. The molecular weight excluding hydrogens is 318 g/mol. The average molecular weight is 339 g/mol. The molecule has 1 amide bonds. The fourth-order valence-corrected chi connectivity index (χ4v) is 2.79. The highest BCUT2D eigenvalue weighted by Gasteiger charge is 2.30. The van der Waals surface area contributed by atoms with Crippen molar-refractivity contribution in [2.45, 2.75) is 31.4 Å². The quantitative estimate of drug-likeness (QED) is 0.810. The lowest BCUT2D eigenvalue weighted by Gasteiger charge is -2.20. The third-order valence-electron chi connectivity index (χ3n) is 4.13. The molecule has 1 aromatic heterocycles. The molecule has 0 saturated carbocycles. The molecule has 0 fully saturated rings. The van der Waals surface area contributed by atoms with Gasteiger partial charge < -0.3 is 15.3 Å². The minimum Gasteiger partial charge on any atom is -0.396 e. The number of hydrogen-bond acceptors (Lipinski definition) is 5. The number of aliphatic hydroxyl groups excluding tert-OH is 1. The van der Waals surface area contributed by atoms with Crippen LogP contribution in [0.25, 0.3) is 0 Å². The summed E-state index contributed by atoms with van der Waals surface area (Å²) in [5.41, 5.74) is 2.59. The molecule has 0 unspecified atom stereocenters. The van der Waals surface area contributed by atoms with Crippen molar-refractivity contribution in [1.82, 2.24) is 10.3 Å². The number of pyridine rings is 1. The summed E-state index contributed by atoms with van der Waals surface area (Å²) in [6.07, 6.45) is 4.44. The molecule has 2 N–H and O–H groups in total. The molecule has 2 heterocycles. The van der Waals surface area contributed by atoms with Crippen LogP contribution in [0.15, 0.2) is 60.0 Å². The van der Waals surface area contributed by atoms with Gasteiger partial charge in [0.15, 0.2) is 0 Å². The zero-order chi connectivity index (χ0) is 17.5. The van der Waals surface area contributed by atoms with Gasteiger partial charge in [-0.15, -0.1) is 0 Å². The second-order valence-electron chi connectivity index (χ2n) is 5.92. The monoisotopic (exact) mass is 339 g/mol. The second kappa shape index (κ2) is 8.39. The number of aliphatic hydroxyl groups is 1. The topological polar surface area (TPSA) is 83.8 Å². The highest BCUT2D eigenvalue weighted by atomic mass is 16.6. The van der Waals surface area contributed by atoms with Gasteiger partial charge in [0, 0.05) is 31.0 Å². The van der Waals surface area contributed by atoms with Crippen LogP contribution >= 0.6 is 0 Å². The maximum atomic E-state index is 12.6. The molecule has 0 saturated heterocycles. The van der Waals surface area contributed by atoms with E-state index in [2.05, 4.69) is 15.5 Å². The summed E-state index contributed by atoms with van der Waals surface area (Å²) < 4.78 is 0. The van der Waals surface area contributed by atoms with Crippen LogP contribution in [0.2, 0.25) is 0 Å². The smallest absolute Gasteiger partial charge is 0.264 e. The molecule has 6 nitrogen and oxygen atoms in total. The number of nitrogens with one attached hydrogen (secondary N) is 1. The van der Waals surface area contributed by atoms with E-state index >= 15 is 0 Å². The first kappa shape index (κ1) is 17.1.